The smallest absolute Gasteiger partial charge is 0.0700 e. The minimum Gasteiger partial charge on any atom is -0.390 e. The third kappa shape index (κ3) is 3.45. The molecule has 0 spiro atoms. The molecule has 2 nitrogen and oxygen atoms in total. The summed E-state index contributed by atoms with van der Waals surface area (Å²) in [6.45, 7) is 5.72. The van der Waals surface area contributed by atoms with Crippen molar-refractivity contribution in [1.82, 2.24) is 4.90 Å². The molecule has 2 rings (SSSR count). The summed E-state index contributed by atoms with van der Waals surface area (Å²) in [6.07, 6.45) is 11.2. The molecule has 0 aromatic heterocycles. The summed E-state index contributed by atoms with van der Waals surface area (Å²) >= 11 is 0. The number of likely N-dealkylation sites (tertiary alicyclic amines) is 1. The average Bonchev–Trinajstić information content (AvgIpc) is 2.39. The Morgan fingerprint density at radius 2 is 1.76 bits per heavy atom. The van der Waals surface area contributed by atoms with Crippen molar-refractivity contribution in [3.8, 4) is 0 Å². The standard InChI is InChI=1S/C15H29NO/c1-2-3-11-16-12-9-15(17,10-13-16)14-7-5-4-6-8-14/h14,17H,2-13H2,1H3. The number of unbranched alkanes of at least 4 members (excludes halogenated alkanes) is 1. The van der Waals surface area contributed by atoms with Gasteiger partial charge in [0.05, 0.1) is 5.60 Å². The Morgan fingerprint density at radius 1 is 1.12 bits per heavy atom. The van der Waals surface area contributed by atoms with Crippen molar-refractivity contribution in [3.05, 3.63) is 0 Å². The van der Waals surface area contributed by atoms with E-state index < -0.39 is 0 Å². The van der Waals surface area contributed by atoms with Gasteiger partial charge in [-0.1, -0.05) is 32.6 Å². The molecule has 17 heavy (non-hydrogen) atoms. The molecular weight excluding hydrogens is 210 g/mol. The zero-order valence-corrected chi connectivity index (χ0v) is 11.5. The van der Waals surface area contributed by atoms with Gasteiger partial charge < -0.3 is 10.0 Å². The van der Waals surface area contributed by atoms with Crippen LogP contribution in [-0.4, -0.2) is 35.2 Å². The number of hydrogen-bond donors (Lipinski definition) is 1. The fourth-order valence-electron chi connectivity index (χ4n) is 3.59. The Hall–Kier alpha value is -0.0800. The predicted molar refractivity (Wildman–Crippen MR) is 72.1 cm³/mol. The topological polar surface area (TPSA) is 23.5 Å². The van der Waals surface area contributed by atoms with E-state index in [1.807, 2.05) is 0 Å². The molecule has 1 aliphatic carbocycles. The van der Waals surface area contributed by atoms with Crippen LogP contribution in [0.3, 0.4) is 0 Å². The minimum atomic E-state index is -0.316. The van der Waals surface area contributed by atoms with Crippen molar-refractivity contribution >= 4 is 0 Å². The third-order valence-corrected chi connectivity index (χ3v) is 4.91. The van der Waals surface area contributed by atoms with Crippen LogP contribution in [0.25, 0.3) is 0 Å². The van der Waals surface area contributed by atoms with Crippen LogP contribution in [0.4, 0.5) is 0 Å². The molecule has 1 saturated carbocycles. The van der Waals surface area contributed by atoms with Crippen LogP contribution in [0.5, 0.6) is 0 Å². The maximum atomic E-state index is 10.8. The molecule has 0 atom stereocenters. The van der Waals surface area contributed by atoms with Gasteiger partial charge in [0.25, 0.3) is 0 Å². The molecule has 1 N–H and O–H groups in total. The van der Waals surface area contributed by atoms with Crippen LogP contribution in [0.2, 0.25) is 0 Å². The monoisotopic (exact) mass is 239 g/mol. The molecule has 0 amide bonds. The van der Waals surface area contributed by atoms with E-state index in [2.05, 4.69) is 11.8 Å². The fourth-order valence-corrected chi connectivity index (χ4v) is 3.59. The van der Waals surface area contributed by atoms with E-state index >= 15 is 0 Å². The fraction of sp³-hybridized carbons (Fsp3) is 1.00. The average molecular weight is 239 g/mol. The summed E-state index contributed by atoms with van der Waals surface area (Å²) in [5.74, 6) is 0.601. The Kier molecular flexibility index (Phi) is 4.87. The van der Waals surface area contributed by atoms with Crippen molar-refractivity contribution in [2.75, 3.05) is 19.6 Å². The molecule has 1 saturated heterocycles. The van der Waals surface area contributed by atoms with Gasteiger partial charge in [-0.15, -0.1) is 0 Å². The molecule has 1 heterocycles. The van der Waals surface area contributed by atoms with E-state index in [4.69, 9.17) is 0 Å². The first-order valence-corrected chi connectivity index (χ1v) is 7.69. The molecule has 2 aliphatic rings. The second-order valence-electron chi connectivity index (χ2n) is 6.13. The maximum absolute atomic E-state index is 10.8. The SMILES string of the molecule is CCCCN1CCC(O)(C2CCCCC2)CC1. The van der Waals surface area contributed by atoms with E-state index in [1.54, 1.807) is 0 Å². The first kappa shape index (κ1) is 13.4. The maximum Gasteiger partial charge on any atom is 0.0700 e. The lowest BCUT2D eigenvalue weighted by atomic mass is 9.72. The number of hydrogen-bond acceptors (Lipinski definition) is 2. The lowest BCUT2D eigenvalue weighted by Gasteiger charge is -2.44. The van der Waals surface area contributed by atoms with Gasteiger partial charge in [0.1, 0.15) is 0 Å². The lowest BCUT2D eigenvalue weighted by molar-refractivity contribution is -0.0773. The van der Waals surface area contributed by atoms with Crippen molar-refractivity contribution in [1.29, 1.82) is 0 Å². The van der Waals surface area contributed by atoms with Crippen molar-refractivity contribution in [3.63, 3.8) is 0 Å². The Labute approximate surface area is 106 Å². The van der Waals surface area contributed by atoms with Gasteiger partial charge in [0.2, 0.25) is 0 Å². The van der Waals surface area contributed by atoms with Gasteiger partial charge in [-0.3, -0.25) is 0 Å². The van der Waals surface area contributed by atoms with Crippen LogP contribution in [-0.2, 0) is 0 Å². The van der Waals surface area contributed by atoms with Crippen molar-refractivity contribution < 1.29 is 5.11 Å². The number of piperidine rings is 1. The Morgan fingerprint density at radius 3 is 2.35 bits per heavy atom. The molecule has 2 heteroatoms. The van der Waals surface area contributed by atoms with E-state index in [0.29, 0.717) is 5.92 Å². The van der Waals surface area contributed by atoms with Crippen LogP contribution in [0, 0.1) is 5.92 Å². The summed E-state index contributed by atoms with van der Waals surface area (Å²) in [7, 11) is 0. The van der Waals surface area contributed by atoms with Crippen LogP contribution >= 0.6 is 0 Å². The first-order chi connectivity index (χ1) is 8.24. The Balaban J connectivity index is 1.79. The van der Waals surface area contributed by atoms with E-state index in [0.717, 1.165) is 25.9 Å². The number of nitrogens with zero attached hydrogens (tertiary/aromatic N) is 1. The Bertz CT molecular complexity index is 215. The lowest BCUT2D eigenvalue weighted by Crippen LogP contribution is -2.49. The third-order valence-electron chi connectivity index (χ3n) is 4.91. The quantitative estimate of drug-likeness (QED) is 0.814. The molecule has 100 valence electrons. The van der Waals surface area contributed by atoms with Gasteiger partial charge in [-0.2, -0.15) is 0 Å². The molecule has 0 aromatic rings. The largest absolute Gasteiger partial charge is 0.390 e. The van der Waals surface area contributed by atoms with Crippen molar-refractivity contribution in [2.45, 2.75) is 70.3 Å². The van der Waals surface area contributed by atoms with Gasteiger partial charge in [0, 0.05) is 13.1 Å². The molecule has 0 bridgehead atoms. The van der Waals surface area contributed by atoms with E-state index in [1.165, 1.54) is 51.5 Å². The molecule has 0 unspecified atom stereocenters. The summed E-state index contributed by atoms with van der Waals surface area (Å²) in [5, 5.41) is 10.8. The van der Waals surface area contributed by atoms with Gasteiger partial charge in [-0.05, 0) is 44.6 Å². The normalized spacial score (nSPS) is 27.2. The van der Waals surface area contributed by atoms with Gasteiger partial charge >= 0.3 is 0 Å². The molecule has 0 radical (unpaired) electrons. The molecule has 1 aliphatic heterocycles. The second-order valence-corrected chi connectivity index (χ2v) is 6.13. The number of rotatable bonds is 4. The number of aliphatic hydroxyl groups is 1. The molecular formula is C15H29NO. The highest BCUT2D eigenvalue weighted by Crippen LogP contribution is 2.38. The highest BCUT2D eigenvalue weighted by molar-refractivity contribution is 4.92. The molecule has 0 aromatic carbocycles. The summed E-state index contributed by atoms with van der Waals surface area (Å²) in [6, 6.07) is 0. The second kappa shape index (κ2) is 6.19. The van der Waals surface area contributed by atoms with Crippen molar-refractivity contribution in [2.24, 2.45) is 5.92 Å². The summed E-state index contributed by atoms with van der Waals surface area (Å²) in [4.78, 5) is 2.54. The van der Waals surface area contributed by atoms with Crippen LogP contribution < -0.4 is 0 Å². The van der Waals surface area contributed by atoms with Crippen LogP contribution in [0.1, 0.15) is 64.7 Å². The summed E-state index contributed by atoms with van der Waals surface area (Å²) < 4.78 is 0. The minimum absolute atomic E-state index is 0.316. The van der Waals surface area contributed by atoms with Gasteiger partial charge in [-0.25, -0.2) is 0 Å². The highest BCUT2D eigenvalue weighted by Gasteiger charge is 2.39. The molecule has 2 fully saturated rings. The van der Waals surface area contributed by atoms with Crippen LogP contribution in [0.15, 0.2) is 0 Å². The van der Waals surface area contributed by atoms with E-state index in [9.17, 15) is 5.11 Å². The zero-order chi connectivity index (χ0) is 12.1. The highest BCUT2D eigenvalue weighted by atomic mass is 16.3. The van der Waals surface area contributed by atoms with Gasteiger partial charge in [0.15, 0.2) is 0 Å². The zero-order valence-electron chi connectivity index (χ0n) is 11.5. The first-order valence-electron chi connectivity index (χ1n) is 7.69. The van der Waals surface area contributed by atoms with E-state index in [-0.39, 0.29) is 5.60 Å². The predicted octanol–water partition coefficient (Wildman–Crippen LogP) is 3.19. The summed E-state index contributed by atoms with van der Waals surface area (Å²) in [5.41, 5.74) is -0.316.